The van der Waals surface area contributed by atoms with Crippen molar-refractivity contribution in [1.82, 2.24) is 0 Å². The highest BCUT2D eigenvalue weighted by Crippen LogP contribution is 2.18. The highest BCUT2D eigenvalue weighted by molar-refractivity contribution is 7.98. The van der Waals surface area contributed by atoms with Crippen molar-refractivity contribution < 1.29 is 0 Å². The Balaban J connectivity index is 2.59. The Morgan fingerprint density at radius 3 is 2.80 bits per heavy atom. The predicted molar refractivity (Wildman–Crippen MR) is 64.6 cm³/mol. The van der Waals surface area contributed by atoms with Gasteiger partial charge < -0.3 is 0 Å². The number of nitriles is 1. The summed E-state index contributed by atoms with van der Waals surface area (Å²) < 4.78 is 0. The van der Waals surface area contributed by atoms with E-state index >= 15 is 0 Å². The molecule has 0 aliphatic rings. The lowest BCUT2D eigenvalue weighted by Gasteiger charge is -1.98. The van der Waals surface area contributed by atoms with E-state index in [0.29, 0.717) is 6.42 Å². The molecule has 76 valence electrons. The molecule has 2 heteroatoms. The van der Waals surface area contributed by atoms with Crippen molar-refractivity contribution in [1.29, 1.82) is 5.26 Å². The van der Waals surface area contributed by atoms with E-state index in [-0.39, 0.29) is 0 Å². The molecule has 1 aromatic carbocycles. The second-order valence-electron chi connectivity index (χ2n) is 3.01. The van der Waals surface area contributed by atoms with Crippen molar-refractivity contribution >= 4 is 11.8 Å². The van der Waals surface area contributed by atoms with Crippen LogP contribution in [0.4, 0.5) is 0 Å². The van der Waals surface area contributed by atoms with Gasteiger partial charge in [0.2, 0.25) is 0 Å². The average Bonchev–Trinajstić information content (AvgIpc) is 2.29. The van der Waals surface area contributed by atoms with E-state index in [2.05, 4.69) is 30.2 Å². The topological polar surface area (TPSA) is 23.8 Å². The minimum Gasteiger partial charge on any atom is -0.198 e. The van der Waals surface area contributed by atoms with E-state index in [9.17, 15) is 0 Å². The molecule has 0 saturated heterocycles. The number of unbranched alkanes of at least 4 members (excludes halogenated alkanes) is 2. The van der Waals surface area contributed by atoms with Gasteiger partial charge in [0, 0.05) is 23.3 Å². The van der Waals surface area contributed by atoms with Crippen LogP contribution >= 0.6 is 11.8 Å². The molecular formula is C13H13NS. The van der Waals surface area contributed by atoms with Crippen molar-refractivity contribution in [3.8, 4) is 17.9 Å². The van der Waals surface area contributed by atoms with Crippen LogP contribution in [0.1, 0.15) is 24.8 Å². The van der Waals surface area contributed by atoms with E-state index in [1.807, 2.05) is 18.2 Å². The minimum atomic E-state index is 0.596. The van der Waals surface area contributed by atoms with Crippen LogP contribution in [0.5, 0.6) is 0 Å². The molecule has 0 bridgehead atoms. The highest BCUT2D eigenvalue weighted by Gasteiger charge is 1.94. The summed E-state index contributed by atoms with van der Waals surface area (Å²) in [6.07, 6.45) is 4.32. The molecule has 0 aromatic heterocycles. The first-order chi connectivity index (χ1) is 7.38. The lowest BCUT2D eigenvalue weighted by molar-refractivity contribution is 0.894. The summed E-state index contributed by atoms with van der Waals surface area (Å²) in [7, 11) is 0. The zero-order chi connectivity index (χ0) is 10.9. The molecule has 0 N–H and O–H groups in total. The van der Waals surface area contributed by atoms with Crippen LogP contribution in [0.25, 0.3) is 0 Å². The van der Waals surface area contributed by atoms with Crippen molar-refractivity contribution in [3.05, 3.63) is 29.8 Å². The fraction of sp³-hybridized carbons (Fsp3) is 0.308. The van der Waals surface area contributed by atoms with Gasteiger partial charge in [-0.1, -0.05) is 24.0 Å². The molecule has 0 spiro atoms. The lowest BCUT2D eigenvalue weighted by Crippen LogP contribution is -1.79. The molecule has 0 saturated carbocycles. The first kappa shape index (κ1) is 11.7. The van der Waals surface area contributed by atoms with Gasteiger partial charge in [0.1, 0.15) is 0 Å². The molecule has 0 heterocycles. The van der Waals surface area contributed by atoms with E-state index in [0.717, 1.165) is 18.4 Å². The van der Waals surface area contributed by atoms with Gasteiger partial charge in [-0.2, -0.15) is 5.26 Å². The van der Waals surface area contributed by atoms with Gasteiger partial charge in [0.15, 0.2) is 0 Å². The predicted octanol–water partition coefficient (Wildman–Crippen LogP) is 3.45. The molecule has 15 heavy (non-hydrogen) atoms. The summed E-state index contributed by atoms with van der Waals surface area (Å²) in [6, 6.07) is 10.2. The van der Waals surface area contributed by atoms with Gasteiger partial charge in [-0.15, -0.1) is 11.8 Å². The Kier molecular flexibility index (Phi) is 5.44. The van der Waals surface area contributed by atoms with Gasteiger partial charge in [-0.3, -0.25) is 0 Å². The van der Waals surface area contributed by atoms with Crippen LogP contribution < -0.4 is 0 Å². The normalized spacial score (nSPS) is 8.80. The Morgan fingerprint density at radius 2 is 2.07 bits per heavy atom. The molecule has 1 aromatic rings. The Bertz CT molecular complexity index is 407. The summed E-state index contributed by atoms with van der Waals surface area (Å²) in [6.45, 7) is 0. The van der Waals surface area contributed by atoms with Gasteiger partial charge in [0.05, 0.1) is 6.07 Å². The molecule has 0 amide bonds. The van der Waals surface area contributed by atoms with Crippen LogP contribution in [0, 0.1) is 23.2 Å². The zero-order valence-electron chi connectivity index (χ0n) is 8.79. The zero-order valence-corrected chi connectivity index (χ0v) is 9.60. The monoisotopic (exact) mass is 215 g/mol. The summed E-state index contributed by atoms with van der Waals surface area (Å²) in [5, 5.41) is 8.36. The standard InChI is InChI=1S/C13H13NS/c1-15-13-10-6-5-9-12(13)8-4-2-3-7-11-14/h5-6,9-10H,2-3,7H2,1H3. The van der Waals surface area contributed by atoms with Crippen molar-refractivity contribution in [2.75, 3.05) is 6.26 Å². The fourth-order valence-electron chi connectivity index (χ4n) is 1.16. The van der Waals surface area contributed by atoms with Crippen LogP contribution in [0.2, 0.25) is 0 Å². The van der Waals surface area contributed by atoms with Crippen LogP contribution in [-0.2, 0) is 0 Å². The maximum Gasteiger partial charge on any atom is 0.0622 e. The number of benzene rings is 1. The smallest absolute Gasteiger partial charge is 0.0622 e. The van der Waals surface area contributed by atoms with Gasteiger partial charge in [-0.05, 0) is 24.8 Å². The van der Waals surface area contributed by atoms with Crippen molar-refractivity contribution in [2.45, 2.75) is 24.2 Å². The Labute approximate surface area is 95.5 Å². The molecule has 0 fully saturated rings. The van der Waals surface area contributed by atoms with Crippen LogP contribution in [0.15, 0.2) is 29.2 Å². The van der Waals surface area contributed by atoms with Gasteiger partial charge in [-0.25, -0.2) is 0 Å². The molecule has 0 radical (unpaired) electrons. The second kappa shape index (κ2) is 6.98. The average molecular weight is 215 g/mol. The second-order valence-corrected chi connectivity index (χ2v) is 3.86. The summed E-state index contributed by atoms with van der Waals surface area (Å²) in [5.41, 5.74) is 1.09. The molecule has 1 rings (SSSR count). The maximum atomic E-state index is 8.36. The third-order valence-electron chi connectivity index (χ3n) is 1.92. The molecule has 0 unspecified atom stereocenters. The fourth-order valence-corrected chi connectivity index (χ4v) is 1.72. The summed E-state index contributed by atoms with van der Waals surface area (Å²) in [4.78, 5) is 1.21. The number of hydrogen-bond acceptors (Lipinski definition) is 2. The SMILES string of the molecule is CSc1ccccc1C#CCCCC#N. The molecule has 0 atom stereocenters. The summed E-state index contributed by atoms with van der Waals surface area (Å²) >= 11 is 1.71. The van der Waals surface area contributed by atoms with Crippen molar-refractivity contribution in [3.63, 3.8) is 0 Å². The molecular weight excluding hydrogens is 202 g/mol. The molecule has 0 aliphatic carbocycles. The first-order valence-electron chi connectivity index (χ1n) is 4.87. The number of nitrogens with zero attached hydrogens (tertiary/aromatic N) is 1. The van der Waals surface area contributed by atoms with Gasteiger partial charge >= 0.3 is 0 Å². The van der Waals surface area contributed by atoms with Gasteiger partial charge in [0.25, 0.3) is 0 Å². The van der Waals surface area contributed by atoms with E-state index in [1.54, 1.807) is 11.8 Å². The highest BCUT2D eigenvalue weighted by atomic mass is 32.2. The van der Waals surface area contributed by atoms with Crippen LogP contribution in [0.3, 0.4) is 0 Å². The lowest BCUT2D eigenvalue weighted by atomic mass is 10.2. The number of hydrogen-bond donors (Lipinski definition) is 0. The van der Waals surface area contributed by atoms with E-state index in [4.69, 9.17) is 5.26 Å². The molecule has 1 nitrogen and oxygen atoms in total. The summed E-state index contributed by atoms with van der Waals surface area (Å²) in [5.74, 6) is 6.24. The van der Waals surface area contributed by atoms with E-state index in [1.165, 1.54) is 4.90 Å². The number of thioether (sulfide) groups is 1. The first-order valence-corrected chi connectivity index (χ1v) is 6.10. The minimum absolute atomic E-state index is 0.596. The third kappa shape index (κ3) is 4.11. The largest absolute Gasteiger partial charge is 0.198 e. The Morgan fingerprint density at radius 1 is 1.27 bits per heavy atom. The Hall–Kier alpha value is -1.38. The molecule has 0 aliphatic heterocycles. The van der Waals surface area contributed by atoms with Crippen molar-refractivity contribution in [2.24, 2.45) is 0 Å². The third-order valence-corrected chi connectivity index (χ3v) is 2.72. The number of rotatable bonds is 3. The quantitative estimate of drug-likeness (QED) is 0.438. The van der Waals surface area contributed by atoms with E-state index < -0.39 is 0 Å². The van der Waals surface area contributed by atoms with Crippen LogP contribution in [-0.4, -0.2) is 6.26 Å². The maximum absolute atomic E-state index is 8.36.